The van der Waals surface area contributed by atoms with Crippen LogP contribution in [0, 0.1) is 0 Å². The molecule has 0 atom stereocenters. The molecule has 3 rings (SSSR count). The van der Waals surface area contributed by atoms with Gasteiger partial charge in [-0.15, -0.1) is 0 Å². The van der Waals surface area contributed by atoms with Crippen molar-refractivity contribution in [2.24, 2.45) is 0 Å². The van der Waals surface area contributed by atoms with E-state index in [0.717, 1.165) is 21.3 Å². The van der Waals surface area contributed by atoms with Crippen molar-refractivity contribution < 1.29 is 4.79 Å². The minimum Gasteiger partial charge on any atom is -0.324 e. The van der Waals surface area contributed by atoms with Crippen molar-refractivity contribution in [1.29, 1.82) is 0 Å². The molecule has 4 heteroatoms. The van der Waals surface area contributed by atoms with Gasteiger partial charge in [0, 0.05) is 4.47 Å². The maximum atomic E-state index is 12.6. The molecule has 3 aromatic carbocycles. The Labute approximate surface area is 162 Å². The largest absolute Gasteiger partial charge is 0.324 e. The van der Waals surface area contributed by atoms with E-state index in [1.54, 1.807) is 0 Å². The van der Waals surface area contributed by atoms with Crippen LogP contribution in [0.5, 0.6) is 0 Å². The van der Waals surface area contributed by atoms with Crippen LogP contribution in [0.1, 0.15) is 17.2 Å². The number of carbonyl (C=O) groups excluding carboxylic acids is 1. The number of nitrogens with zero attached hydrogens (tertiary/aromatic N) is 1. The van der Waals surface area contributed by atoms with E-state index < -0.39 is 0 Å². The van der Waals surface area contributed by atoms with E-state index in [9.17, 15) is 4.79 Å². The van der Waals surface area contributed by atoms with Crippen LogP contribution in [-0.4, -0.2) is 24.4 Å². The summed E-state index contributed by atoms with van der Waals surface area (Å²) in [6.45, 7) is 0.287. The number of nitrogens with one attached hydrogen (secondary N) is 1. The zero-order valence-corrected chi connectivity index (χ0v) is 16.2. The van der Waals surface area contributed by atoms with Crippen LogP contribution >= 0.6 is 15.9 Å². The Balaban J connectivity index is 1.79. The van der Waals surface area contributed by atoms with Gasteiger partial charge >= 0.3 is 0 Å². The zero-order valence-electron chi connectivity index (χ0n) is 14.6. The maximum Gasteiger partial charge on any atom is 0.238 e. The molecule has 0 aliphatic carbocycles. The highest BCUT2D eigenvalue weighted by atomic mass is 79.9. The average Bonchev–Trinajstić information content (AvgIpc) is 2.65. The number of carbonyl (C=O) groups is 1. The number of benzene rings is 3. The van der Waals surface area contributed by atoms with Gasteiger partial charge in [-0.05, 0) is 46.2 Å². The van der Waals surface area contributed by atoms with Crippen molar-refractivity contribution in [2.45, 2.75) is 6.04 Å². The average molecular weight is 409 g/mol. The molecule has 0 aliphatic heterocycles. The molecule has 0 saturated carbocycles. The van der Waals surface area contributed by atoms with Crippen molar-refractivity contribution in [3.05, 3.63) is 101 Å². The highest BCUT2D eigenvalue weighted by Gasteiger charge is 2.21. The normalized spacial score (nSPS) is 10.9. The number of amides is 1. The number of hydrogen-bond acceptors (Lipinski definition) is 2. The molecule has 0 unspecified atom stereocenters. The lowest BCUT2D eigenvalue weighted by Crippen LogP contribution is -2.34. The Bertz CT molecular complexity index is 813. The lowest BCUT2D eigenvalue weighted by Gasteiger charge is -2.28. The topological polar surface area (TPSA) is 32.3 Å². The van der Waals surface area contributed by atoms with Gasteiger partial charge in [-0.3, -0.25) is 9.69 Å². The van der Waals surface area contributed by atoms with Gasteiger partial charge < -0.3 is 5.32 Å². The van der Waals surface area contributed by atoms with Gasteiger partial charge in [-0.1, -0.05) is 72.8 Å². The van der Waals surface area contributed by atoms with E-state index in [4.69, 9.17) is 0 Å². The Morgan fingerprint density at radius 2 is 1.38 bits per heavy atom. The van der Waals surface area contributed by atoms with E-state index in [-0.39, 0.29) is 18.5 Å². The molecule has 26 heavy (non-hydrogen) atoms. The van der Waals surface area contributed by atoms with E-state index >= 15 is 0 Å². The summed E-state index contributed by atoms with van der Waals surface area (Å²) in [5.41, 5.74) is 3.10. The van der Waals surface area contributed by atoms with Crippen LogP contribution in [0.4, 0.5) is 5.69 Å². The molecule has 1 N–H and O–H groups in total. The number of para-hydroxylation sites is 1. The van der Waals surface area contributed by atoms with Gasteiger partial charge in [-0.2, -0.15) is 0 Å². The van der Waals surface area contributed by atoms with Crippen LogP contribution < -0.4 is 5.32 Å². The monoisotopic (exact) mass is 408 g/mol. The highest BCUT2D eigenvalue weighted by Crippen LogP contribution is 2.27. The van der Waals surface area contributed by atoms with Crippen LogP contribution in [0.2, 0.25) is 0 Å². The second-order valence-electron chi connectivity index (χ2n) is 6.17. The Morgan fingerprint density at radius 3 is 1.92 bits per heavy atom. The fourth-order valence-electron chi connectivity index (χ4n) is 3.04. The van der Waals surface area contributed by atoms with Crippen molar-refractivity contribution in [1.82, 2.24) is 4.90 Å². The van der Waals surface area contributed by atoms with Crippen LogP contribution in [0.25, 0.3) is 0 Å². The minimum atomic E-state index is -0.0451. The first kappa shape index (κ1) is 18.4. The van der Waals surface area contributed by atoms with Gasteiger partial charge in [0.05, 0.1) is 18.3 Å². The van der Waals surface area contributed by atoms with Crippen LogP contribution in [0.15, 0.2) is 89.4 Å². The van der Waals surface area contributed by atoms with Crippen molar-refractivity contribution in [2.75, 3.05) is 18.9 Å². The van der Waals surface area contributed by atoms with E-state index in [1.165, 1.54) is 0 Å². The summed E-state index contributed by atoms with van der Waals surface area (Å²) in [6.07, 6.45) is 0. The van der Waals surface area contributed by atoms with Crippen LogP contribution in [-0.2, 0) is 4.79 Å². The molecule has 0 aromatic heterocycles. The number of hydrogen-bond donors (Lipinski definition) is 1. The van der Waals surface area contributed by atoms with Gasteiger partial charge in [0.25, 0.3) is 0 Å². The number of halogens is 1. The van der Waals surface area contributed by atoms with Crippen molar-refractivity contribution >= 4 is 27.5 Å². The molecule has 0 fully saturated rings. The minimum absolute atomic E-state index is 0.0161. The molecule has 3 nitrogen and oxygen atoms in total. The van der Waals surface area contributed by atoms with Gasteiger partial charge in [-0.25, -0.2) is 0 Å². The number of rotatable bonds is 6. The first-order valence-corrected chi connectivity index (χ1v) is 9.29. The standard InChI is InChI=1S/C22H21BrN2O/c1-25(16-21(26)24-20-15-9-8-14-19(20)23)22(17-10-4-2-5-11-17)18-12-6-3-7-13-18/h2-15,22H,16H2,1H3,(H,24,26). The Hall–Kier alpha value is -2.43. The Morgan fingerprint density at radius 1 is 0.885 bits per heavy atom. The zero-order chi connectivity index (χ0) is 18.4. The third kappa shape index (κ3) is 4.59. The number of likely N-dealkylation sites (N-methyl/N-ethyl adjacent to an activating group) is 1. The lowest BCUT2D eigenvalue weighted by atomic mass is 9.97. The predicted octanol–water partition coefficient (Wildman–Crippen LogP) is 5.11. The van der Waals surface area contributed by atoms with Crippen molar-refractivity contribution in [3.63, 3.8) is 0 Å². The van der Waals surface area contributed by atoms with Crippen LogP contribution in [0.3, 0.4) is 0 Å². The second-order valence-corrected chi connectivity index (χ2v) is 7.02. The fourth-order valence-corrected chi connectivity index (χ4v) is 3.43. The quantitative estimate of drug-likeness (QED) is 0.614. The van der Waals surface area contributed by atoms with Gasteiger partial charge in [0.1, 0.15) is 0 Å². The summed E-state index contributed by atoms with van der Waals surface area (Å²) in [4.78, 5) is 14.6. The maximum absolute atomic E-state index is 12.6. The molecule has 132 valence electrons. The highest BCUT2D eigenvalue weighted by molar-refractivity contribution is 9.10. The summed E-state index contributed by atoms with van der Waals surface area (Å²) in [6, 6.07) is 28.1. The van der Waals surface area contributed by atoms with Gasteiger partial charge in [0.2, 0.25) is 5.91 Å². The SMILES string of the molecule is CN(CC(=O)Nc1ccccc1Br)C(c1ccccc1)c1ccccc1. The molecular weight excluding hydrogens is 388 g/mol. The second kappa shape index (κ2) is 8.79. The predicted molar refractivity (Wildman–Crippen MR) is 110 cm³/mol. The fraction of sp³-hybridized carbons (Fsp3) is 0.136. The molecule has 0 spiro atoms. The third-order valence-electron chi connectivity index (χ3n) is 4.21. The molecule has 0 heterocycles. The lowest BCUT2D eigenvalue weighted by molar-refractivity contribution is -0.117. The smallest absolute Gasteiger partial charge is 0.238 e. The van der Waals surface area contributed by atoms with Gasteiger partial charge in [0.15, 0.2) is 0 Å². The summed E-state index contributed by atoms with van der Waals surface area (Å²) in [7, 11) is 1.98. The summed E-state index contributed by atoms with van der Waals surface area (Å²) >= 11 is 3.47. The molecule has 0 bridgehead atoms. The molecule has 1 amide bonds. The third-order valence-corrected chi connectivity index (χ3v) is 4.90. The molecule has 0 radical (unpaired) electrons. The van der Waals surface area contributed by atoms with E-state index in [2.05, 4.69) is 50.4 Å². The molecule has 3 aromatic rings. The summed E-state index contributed by atoms with van der Waals surface area (Å²) < 4.78 is 0.874. The summed E-state index contributed by atoms with van der Waals surface area (Å²) in [5, 5.41) is 2.97. The summed E-state index contributed by atoms with van der Waals surface area (Å²) in [5.74, 6) is -0.0451. The Kier molecular flexibility index (Phi) is 6.21. The van der Waals surface area contributed by atoms with Crippen molar-refractivity contribution in [3.8, 4) is 0 Å². The molecule has 0 aliphatic rings. The molecular formula is C22H21BrN2O. The molecule has 0 saturated heterocycles. The first-order chi connectivity index (χ1) is 12.6. The first-order valence-electron chi connectivity index (χ1n) is 8.49. The number of anilines is 1. The van der Waals surface area contributed by atoms with E-state index in [0.29, 0.717) is 0 Å². The van der Waals surface area contributed by atoms with E-state index in [1.807, 2.05) is 67.7 Å².